The van der Waals surface area contributed by atoms with Gasteiger partial charge in [-0.15, -0.1) is 24.2 Å². The zero-order valence-electron chi connectivity index (χ0n) is 17.6. The summed E-state index contributed by atoms with van der Waals surface area (Å²) in [5, 5.41) is 1.45. The number of thiazole rings is 1. The molecule has 0 aliphatic carbocycles. The van der Waals surface area contributed by atoms with Crippen molar-refractivity contribution in [1.29, 1.82) is 0 Å². The molecular formula is C22H27Cl2N3OS2. The number of aromatic nitrogens is 1. The Morgan fingerprint density at radius 3 is 2.50 bits per heavy atom. The number of anilines is 1. The summed E-state index contributed by atoms with van der Waals surface area (Å²) in [6.45, 7) is 5.64. The van der Waals surface area contributed by atoms with Crippen LogP contribution in [0.2, 0.25) is 5.02 Å². The molecule has 4 nitrogen and oxygen atoms in total. The number of thioether (sulfide) groups is 1. The molecule has 0 N–H and O–H groups in total. The molecular weight excluding hydrogens is 457 g/mol. The number of rotatable bonds is 8. The summed E-state index contributed by atoms with van der Waals surface area (Å²) >= 11 is 9.31. The molecule has 0 saturated carbocycles. The van der Waals surface area contributed by atoms with Gasteiger partial charge in [-0.3, -0.25) is 9.69 Å². The molecule has 3 rings (SSSR count). The zero-order valence-corrected chi connectivity index (χ0v) is 20.9. The van der Waals surface area contributed by atoms with Gasteiger partial charge in [0, 0.05) is 16.5 Å². The minimum absolute atomic E-state index is 0. The van der Waals surface area contributed by atoms with Crippen LogP contribution >= 0.6 is 47.1 Å². The Labute approximate surface area is 198 Å². The summed E-state index contributed by atoms with van der Waals surface area (Å²) in [7, 11) is 4.09. The molecule has 0 bridgehead atoms. The van der Waals surface area contributed by atoms with Crippen LogP contribution in [0, 0.1) is 13.8 Å². The quantitative estimate of drug-likeness (QED) is 0.364. The molecule has 0 unspecified atom stereocenters. The molecule has 0 spiro atoms. The average Bonchev–Trinajstić information content (AvgIpc) is 3.08. The first-order valence-electron chi connectivity index (χ1n) is 9.55. The van der Waals surface area contributed by atoms with Crippen LogP contribution in [-0.2, 0) is 4.79 Å². The van der Waals surface area contributed by atoms with Crippen LogP contribution < -0.4 is 4.90 Å². The fraction of sp³-hybridized carbons (Fsp3) is 0.364. The predicted molar refractivity (Wildman–Crippen MR) is 134 cm³/mol. The molecule has 3 aromatic rings. The van der Waals surface area contributed by atoms with E-state index in [1.54, 1.807) is 11.8 Å². The minimum Gasteiger partial charge on any atom is -0.309 e. The van der Waals surface area contributed by atoms with Gasteiger partial charge in [-0.1, -0.05) is 40.6 Å². The lowest BCUT2D eigenvalue weighted by molar-refractivity contribution is -0.116. The Hall–Kier alpha value is -1.31. The lowest BCUT2D eigenvalue weighted by Crippen LogP contribution is -2.34. The minimum atomic E-state index is 0. The van der Waals surface area contributed by atoms with E-state index < -0.39 is 0 Å². The highest BCUT2D eigenvalue weighted by molar-refractivity contribution is 8.00. The number of carbonyl (C=O) groups excluding carboxylic acids is 1. The highest BCUT2D eigenvalue weighted by Gasteiger charge is 2.20. The molecule has 0 aliphatic heterocycles. The fourth-order valence-corrected chi connectivity index (χ4v) is 5.23. The number of amides is 1. The SMILES string of the molecule is Cc1ccc(SCC(=O)N(CCCN(C)C)c2nc3c(C)cc(Cl)cc3s2)cc1.Cl. The predicted octanol–water partition coefficient (Wildman–Crippen LogP) is 6.07. The van der Waals surface area contributed by atoms with Crippen molar-refractivity contribution in [1.82, 2.24) is 9.88 Å². The normalized spacial score (nSPS) is 11.0. The van der Waals surface area contributed by atoms with Crippen molar-refractivity contribution in [3.8, 4) is 0 Å². The van der Waals surface area contributed by atoms with E-state index in [1.165, 1.54) is 16.9 Å². The summed E-state index contributed by atoms with van der Waals surface area (Å²) in [5.41, 5.74) is 3.17. The first-order valence-corrected chi connectivity index (χ1v) is 11.7. The first kappa shape index (κ1) is 25.0. The van der Waals surface area contributed by atoms with E-state index in [9.17, 15) is 4.79 Å². The van der Waals surface area contributed by atoms with Crippen molar-refractivity contribution < 1.29 is 4.79 Å². The summed E-state index contributed by atoms with van der Waals surface area (Å²) in [6, 6.07) is 12.1. The van der Waals surface area contributed by atoms with E-state index in [4.69, 9.17) is 16.6 Å². The number of hydrogen-bond acceptors (Lipinski definition) is 5. The van der Waals surface area contributed by atoms with Gasteiger partial charge in [0.05, 0.1) is 16.0 Å². The third-order valence-electron chi connectivity index (χ3n) is 4.54. The van der Waals surface area contributed by atoms with Crippen LogP contribution in [-0.4, -0.2) is 48.7 Å². The summed E-state index contributed by atoms with van der Waals surface area (Å²) in [6.07, 6.45) is 0.892. The van der Waals surface area contributed by atoms with Gasteiger partial charge >= 0.3 is 0 Å². The number of halogens is 2. The zero-order chi connectivity index (χ0) is 21.0. The van der Waals surface area contributed by atoms with Gasteiger partial charge in [0.25, 0.3) is 0 Å². The largest absolute Gasteiger partial charge is 0.309 e. The number of fused-ring (bicyclic) bond motifs is 1. The summed E-state index contributed by atoms with van der Waals surface area (Å²) < 4.78 is 1.02. The van der Waals surface area contributed by atoms with Crippen LogP contribution in [0.5, 0.6) is 0 Å². The molecule has 162 valence electrons. The smallest absolute Gasteiger partial charge is 0.239 e. The molecule has 1 amide bonds. The van der Waals surface area contributed by atoms with Crippen LogP contribution in [0.1, 0.15) is 17.5 Å². The van der Waals surface area contributed by atoms with E-state index in [0.717, 1.165) is 38.8 Å². The number of aryl methyl sites for hydroxylation is 2. The van der Waals surface area contributed by atoms with E-state index in [1.807, 2.05) is 38.1 Å². The molecule has 0 fully saturated rings. The van der Waals surface area contributed by atoms with Crippen LogP contribution in [0.4, 0.5) is 5.13 Å². The van der Waals surface area contributed by atoms with Crippen molar-refractivity contribution in [3.05, 3.63) is 52.5 Å². The van der Waals surface area contributed by atoms with E-state index in [-0.39, 0.29) is 18.3 Å². The Morgan fingerprint density at radius 1 is 1.13 bits per heavy atom. The molecule has 0 saturated heterocycles. The van der Waals surface area contributed by atoms with E-state index >= 15 is 0 Å². The Bertz CT molecular complexity index is 990. The maximum atomic E-state index is 13.1. The highest BCUT2D eigenvalue weighted by Crippen LogP contribution is 2.33. The monoisotopic (exact) mass is 483 g/mol. The van der Waals surface area contributed by atoms with Gasteiger partial charge in [-0.2, -0.15) is 0 Å². The van der Waals surface area contributed by atoms with Crippen molar-refractivity contribution >= 4 is 68.4 Å². The van der Waals surface area contributed by atoms with Crippen LogP contribution in [0.25, 0.3) is 10.2 Å². The van der Waals surface area contributed by atoms with Gasteiger partial charge in [-0.05, 0) is 70.7 Å². The second-order valence-corrected chi connectivity index (χ2v) is 9.86. The van der Waals surface area contributed by atoms with Gasteiger partial charge in [0.15, 0.2) is 5.13 Å². The number of nitrogens with zero attached hydrogens (tertiary/aromatic N) is 3. The van der Waals surface area contributed by atoms with Gasteiger partial charge in [0.1, 0.15) is 0 Å². The molecule has 8 heteroatoms. The van der Waals surface area contributed by atoms with Crippen molar-refractivity contribution in [2.75, 3.05) is 37.8 Å². The second-order valence-electron chi connectivity index (χ2n) is 7.37. The topological polar surface area (TPSA) is 36.4 Å². The van der Waals surface area contributed by atoms with Gasteiger partial charge in [0.2, 0.25) is 5.91 Å². The van der Waals surface area contributed by atoms with E-state index in [0.29, 0.717) is 17.3 Å². The standard InChI is InChI=1S/C22H26ClN3OS2.ClH/c1-15-6-8-18(9-7-15)28-14-20(27)26(11-5-10-25(3)4)22-24-21-16(2)12-17(23)13-19(21)29-22;/h6-9,12-13H,5,10-11,14H2,1-4H3;1H. The lowest BCUT2D eigenvalue weighted by Gasteiger charge is -2.21. The molecule has 0 atom stereocenters. The number of hydrogen-bond donors (Lipinski definition) is 0. The highest BCUT2D eigenvalue weighted by atomic mass is 35.5. The fourth-order valence-electron chi connectivity index (χ4n) is 2.99. The van der Waals surface area contributed by atoms with Crippen molar-refractivity contribution in [2.45, 2.75) is 25.2 Å². The van der Waals surface area contributed by atoms with Crippen LogP contribution in [0.15, 0.2) is 41.3 Å². The van der Waals surface area contributed by atoms with Crippen molar-refractivity contribution in [3.63, 3.8) is 0 Å². The first-order chi connectivity index (χ1) is 13.8. The maximum absolute atomic E-state index is 13.1. The van der Waals surface area contributed by atoms with Gasteiger partial charge < -0.3 is 4.90 Å². The Balaban J connectivity index is 0.00000320. The molecule has 0 aliphatic rings. The number of benzene rings is 2. The maximum Gasteiger partial charge on any atom is 0.239 e. The number of carbonyl (C=O) groups is 1. The second kappa shape index (κ2) is 11.3. The average molecular weight is 485 g/mol. The Morgan fingerprint density at radius 2 is 1.83 bits per heavy atom. The molecule has 1 heterocycles. The molecule has 0 radical (unpaired) electrons. The Kier molecular flexibility index (Phi) is 9.44. The third kappa shape index (κ3) is 6.59. The molecule has 30 heavy (non-hydrogen) atoms. The lowest BCUT2D eigenvalue weighted by atomic mass is 10.2. The third-order valence-corrected chi connectivity index (χ3v) is 6.78. The molecule has 1 aromatic heterocycles. The van der Waals surface area contributed by atoms with E-state index in [2.05, 4.69) is 36.1 Å². The van der Waals surface area contributed by atoms with Gasteiger partial charge in [-0.25, -0.2) is 4.98 Å². The summed E-state index contributed by atoms with van der Waals surface area (Å²) in [4.78, 5) is 23.0. The summed E-state index contributed by atoms with van der Waals surface area (Å²) in [5.74, 6) is 0.470. The van der Waals surface area contributed by atoms with Crippen molar-refractivity contribution in [2.24, 2.45) is 0 Å². The molecule has 2 aromatic carbocycles. The van der Waals surface area contributed by atoms with Crippen LogP contribution in [0.3, 0.4) is 0 Å².